The van der Waals surface area contributed by atoms with Crippen LogP contribution in [0.4, 0.5) is 18.3 Å². The van der Waals surface area contributed by atoms with Gasteiger partial charge in [-0.25, -0.2) is 13.4 Å². The lowest BCUT2D eigenvalue weighted by molar-refractivity contribution is -0.125. The minimum atomic E-state index is -4.34. The van der Waals surface area contributed by atoms with E-state index in [0.717, 1.165) is 12.2 Å². The van der Waals surface area contributed by atoms with Gasteiger partial charge in [-0.05, 0) is 42.7 Å². The quantitative estimate of drug-likeness (QED) is 0.451. The van der Waals surface area contributed by atoms with Crippen LogP contribution in [0.1, 0.15) is 35.2 Å². The summed E-state index contributed by atoms with van der Waals surface area (Å²) in [5.41, 5.74) is 5.53. The van der Waals surface area contributed by atoms with E-state index in [1.165, 1.54) is 22.3 Å². The fourth-order valence-corrected chi connectivity index (χ4v) is 6.44. The number of fused-ring (bicyclic) bond motifs is 1. The number of sulfone groups is 1. The third-order valence-electron chi connectivity index (χ3n) is 5.99. The molecule has 1 amide bonds. The summed E-state index contributed by atoms with van der Waals surface area (Å²) in [4.78, 5) is 18.6. The van der Waals surface area contributed by atoms with E-state index >= 15 is 0 Å². The van der Waals surface area contributed by atoms with Crippen LogP contribution in [-0.4, -0.2) is 54.2 Å². The standard InChI is InChI=1S/C24H24F3N3O4S2/c25-24(26,27)10-2-9-23(32)11-13-30(14-12-23)21(31)17-7-5-16(6-8-17)15-36(33,34)19-4-1-3-18-20(19)29-22(28)35-18/h1-9,32H,10-15H2,(H2,28,29)/b9-2+. The molecular formula is C24H24F3N3O4S2. The molecule has 36 heavy (non-hydrogen) atoms. The van der Waals surface area contributed by atoms with Gasteiger partial charge >= 0.3 is 6.18 Å². The average Bonchev–Trinajstić information content (AvgIpc) is 3.18. The Morgan fingerprint density at radius 3 is 2.47 bits per heavy atom. The van der Waals surface area contributed by atoms with Crippen LogP contribution >= 0.6 is 11.3 Å². The minimum absolute atomic E-state index is 0.0955. The van der Waals surface area contributed by atoms with Crippen LogP contribution in [0.2, 0.25) is 0 Å². The molecule has 7 nitrogen and oxygen atoms in total. The largest absolute Gasteiger partial charge is 0.392 e. The maximum absolute atomic E-state index is 13.0. The van der Waals surface area contributed by atoms with Gasteiger partial charge in [0.15, 0.2) is 15.0 Å². The Morgan fingerprint density at radius 1 is 1.17 bits per heavy atom. The van der Waals surface area contributed by atoms with Crippen molar-refractivity contribution >= 4 is 42.4 Å². The Hall–Kier alpha value is -2.96. The number of hydrogen-bond donors (Lipinski definition) is 2. The number of anilines is 1. The van der Waals surface area contributed by atoms with Gasteiger partial charge in [0, 0.05) is 18.7 Å². The molecular weight excluding hydrogens is 515 g/mol. The summed E-state index contributed by atoms with van der Waals surface area (Å²) in [7, 11) is -3.72. The van der Waals surface area contributed by atoms with Crippen molar-refractivity contribution in [3.63, 3.8) is 0 Å². The molecule has 2 heterocycles. The number of nitrogens with two attached hydrogens (primary N) is 1. The summed E-state index contributed by atoms with van der Waals surface area (Å²) in [6.07, 6.45) is -3.14. The predicted octanol–water partition coefficient (Wildman–Crippen LogP) is 4.33. The molecule has 192 valence electrons. The highest BCUT2D eigenvalue weighted by atomic mass is 32.2. The number of allylic oxidation sites excluding steroid dienone is 1. The van der Waals surface area contributed by atoms with E-state index in [1.807, 2.05) is 0 Å². The fraction of sp³-hybridized carbons (Fsp3) is 0.333. The average molecular weight is 540 g/mol. The van der Waals surface area contributed by atoms with Crippen LogP contribution in [0.25, 0.3) is 10.2 Å². The van der Waals surface area contributed by atoms with E-state index in [0.29, 0.717) is 21.3 Å². The third-order valence-corrected chi connectivity index (χ3v) is 8.55. The molecule has 1 aliphatic heterocycles. The summed E-state index contributed by atoms with van der Waals surface area (Å²) in [5, 5.41) is 10.8. The van der Waals surface area contributed by atoms with Crippen molar-refractivity contribution in [2.24, 2.45) is 0 Å². The lowest BCUT2D eigenvalue weighted by Crippen LogP contribution is -2.45. The number of nitrogens with zero attached hydrogens (tertiary/aromatic N) is 2. The number of amides is 1. The van der Waals surface area contributed by atoms with Crippen LogP contribution in [-0.2, 0) is 15.6 Å². The molecule has 1 aliphatic rings. The number of aromatic nitrogens is 1. The highest BCUT2D eigenvalue weighted by molar-refractivity contribution is 7.90. The van der Waals surface area contributed by atoms with Crippen molar-refractivity contribution < 1.29 is 31.5 Å². The number of para-hydroxylation sites is 1. The number of piperidine rings is 1. The molecule has 0 unspecified atom stereocenters. The third kappa shape index (κ3) is 6.05. The first-order valence-electron chi connectivity index (χ1n) is 11.1. The molecule has 12 heteroatoms. The smallest absolute Gasteiger partial charge is 0.386 e. The number of carbonyl (C=O) groups excluding carboxylic acids is 1. The minimum Gasteiger partial charge on any atom is -0.386 e. The van der Waals surface area contributed by atoms with E-state index in [2.05, 4.69) is 4.98 Å². The number of nitrogen functional groups attached to an aromatic ring is 1. The van der Waals surface area contributed by atoms with E-state index in [1.54, 1.807) is 36.4 Å². The molecule has 2 aromatic carbocycles. The maximum Gasteiger partial charge on any atom is 0.392 e. The summed E-state index contributed by atoms with van der Waals surface area (Å²) in [5.74, 6) is -0.576. The Labute approximate surface area is 210 Å². The van der Waals surface area contributed by atoms with E-state index in [-0.39, 0.29) is 47.6 Å². The summed E-state index contributed by atoms with van der Waals surface area (Å²) >= 11 is 1.21. The van der Waals surface area contributed by atoms with Gasteiger partial charge in [-0.1, -0.05) is 41.7 Å². The van der Waals surface area contributed by atoms with Crippen molar-refractivity contribution in [1.29, 1.82) is 0 Å². The normalized spacial score (nSPS) is 16.6. The van der Waals surface area contributed by atoms with Gasteiger partial charge in [-0.15, -0.1) is 0 Å². The summed E-state index contributed by atoms with van der Waals surface area (Å²) < 4.78 is 63.8. The predicted molar refractivity (Wildman–Crippen MR) is 131 cm³/mol. The van der Waals surface area contributed by atoms with Crippen molar-refractivity contribution in [2.75, 3.05) is 18.8 Å². The zero-order valence-electron chi connectivity index (χ0n) is 19.0. The number of likely N-dealkylation sites (tertiary alicyclic amines) is 1. The molecule has 0 spiro atoms. The molecule has 0 saturated carbocycles. The Balaban J connectivity index is 1.40. The number of carbonyl (C=O) groups is 1. The molecule has 0 bridgehead atoms. The highest BCUT2D eigenvalue weighted by Crippen LogP contribution is 2.31. The van der Waals surface area contributed by atoms with Gasteiger partial charge in [0.05, 0.1) is 27.4 Å². The van der Waals surface area contributed by atoms with Gasteiger partial charge in [0.2, 0.25) is 0 Å². The van der Waals surface area contributed by atoms with Crippen LogP contribution in [0.5, 0.6) is 0 Å². The van der Waals surface area contributed by atoms with Crippen molar-refractivity contribution in [3.05, 3.63) is 65.7 Å². The van der Waals surface area contributed by atoms with E-state index in [4.69, 9.17) is 5.73 Å². The zero-order valence-corrected chi connectivity index (χ0v) is 20.7. The van der Waals surface area contributed by atoms with Crippen LogP contribution < -0.4 is 5.73 Å². The maximum atomic E-state index is 13.0. The first-order chi connectivity index (χ1) is 16.9. The second kappa shape index (κ2) is 9.83. The molecule has 3 N–H and O–H groups in total. The van der Waals surface area contributed by atoms with E-state index < -0.39 is 28.0 Å². The van der Waals surface area contributed by atoms with Gasteiger partial charge < -0.3 is 15.7 Å². The molecule has 1 saturated heterocycles. The molecule has 4 rings (SSSR count). The summed E-state index contributed by atoms with van der Waals surface area (Å²) in [6, 6.07) is 11.1. The van der Waals surface area contributed by atoms with E-state index in [9.17, 15) is 31.5 Å². The number of alkyl halides is 3. The van der Waals surface area contributed by atoms with Gasteiger partial charge in [-0.2, -0.15) is 13.2 Å². The Morgan fingerprint density at radius 2 is 1.83 bits per heavy atom. The molecule has 1 fully saturated rings. The molecule has 0 aliphatic carbocycles. The Kier molecular flexibility index (Phi) is 7.13. The number of rotatable bonds is 6. The topological polar surface area (TPSA) is 114 Å². The monoisotopic (exact) mass is 539 g/mol. The summed E-state index contributed by atoms with van der Waals surface area (Å²) in [6.45, 7) is 0.366. The lowest BCUT2D eigenvalue weighted by atomic mass is 9.90. The van der Waals surface area contributed by atoms with Gasteiger partial charge in [-0.3, -0.25) is 4.79 Å². The fourth-order valence-electron chi connectivity index (χ4n) is 4.09. The van der Waals surface area contributed by atoms with Crippen molar-refractivity contribution in [2.45, 2.75) is 41.7 Å². The van der Waals surface area contributed by atoms with Crippen molar-refractivity contribution in [1.82, 2.24) is 9.88 Å². The lowest BCUT2D eigenvalue weighted by Gasteiger charge is -2.36. The van der Waals surface area contributed by atoms with Gasteiger partial charge in [0.25, 0.3) is 5.91 Å². The number of halogens is 3. The van der Waals surface area contributed by atoms with Crippen LogP contribution in [0.15, 0.2) is 59.5 Å². The number of hydrogen-bond acceptors (Lipinski definition) is 7. The number of thiazole rings is 1. The van der Waals surface area contributed by atoms with Crippen molar-refractivity contribution in [3.8, 4) is 0 Å². The number of benzene rings is 2. The molecule has 0 radical (unpaired) electrons. The molecule has 1 aromatic heterocycles. The van der Waals surface area contributed by atoms with Crippen LogP contribution in [0.3, 0.4) is 0 Å². The SMILES string of the molecule is Nc1nc2c(S(=O)(=O)Cc3ccc(C(=O)N4CCC(O)(/C=C/CC(F)(F)F)CC4)cc3)cccc2s1. The zero-order chi connectivity index (χ0) is 26.1. The first kappa shape index (κ1) is 26.1. The Bertz CT molecular complexity index is 1390. The number of aliphatic hydroxyl groups is 1. The van der Waals surface area contributed by atoms with Gasteiger partial charge in [0.1, 0.15) is 5.52 Å². The van der Waals surface area contributed by atoms with Crippen LogP contribution in [0, 0.1) is 0 Å². The molecule has 0 atom stereocenters. The second-order valence-corrected chi connectivity index (χ2v) is 11.7. The highest BCUT2D eigenvalue weighted by Gasteiger charge is 2.33. The molecule has 3 aromatic rings. The first-order valence-corrected chi connectivity index (χ1v) is 13.5. The second-order valence-electron chi connectivity index (χ2n) is 8.73.